The second kappa shape index (κ2) is 7.38. The third-order valence-corrected chi connectivity index (χ3v) is 5.51. The SMILES string of the molecule is Cc1cc(-c2ccc(C(C)N3CCCC3)cc2)ccc1-c1cncnc1. The molecule has 3 nitrogen and oxygen atoms in total. The van der Waals surface area contributed by atoms with Crippen LogP contribution in [0, 0.1) is 6.92 Å². The minimum Gasteiger partial charge on any atom is -0.297 e. The summed E-state index contributed by atoms with van der Waals surface area (Å²) in [6, 6.07) is 16.2. The fraction of sp³-hybridized carbons (Fsp3) is 0.304. The highest BCUT2D eigenvalue weighted by Gasteiger charge is 2.19. The van der Waals surface area contributed by atoms with Crippen molar-refractivity contribution in [2.45, 2.75) is 32.7 Å². The fourth-order valence-electron chi connectivity index (χ4n) is 3.90. The lowest BCUT2D eigenvalue weighted by atomic mass is 9.96. The van der Waals surface area contributed by atoms with Crippen molar-refractivity contribution in [1.82, 2.24) is 14.9 Å². The Bertz CT molecular complexity index is 866. The van der Waals surface area contributed by atoms with Gasteiger partial charge in [-0.1, -0.05) is 42.5 Å². The van der Waals surface area contributed by atoms with E-state index < -0.39 is 0 Å². The van der Waals surface area contributed by atoms with Crippen LogP contribution >= 0.6 is 0 Å². The maximum absolute atomic E-state index is 4.13. The first-order chi connectivity index (χ1) is 12.7. The van der Waals surface area contributed by atoms with Crippen LogP contribution in [0.1, 0.15) is 36.9 Å². The first kappa shape index (κ1) is 16.9. The Morgan fingerprint density at radius 3 is 2.15 bits per heavy atom. The van der Waals surface area contributed by atoms with Gasteiger partial charge in [-0.05, 0) is 67.6 Å². The Balaban J connectivity index is 1.57. The number of hydrogen-bond donors (Lipinski definition) is 0. The van der Waals surface area contributed by atoms with Crippen molar-refractivity contribution < 1.29 is 0 Å². The molecular weight excluding hydrogens is 318 g/mol. The highest BCUT2D eigenvalue weighted by molar-refractivity contribution is 5.72. The van der Waals surface area contributed by atoms with Crippen LogP contribution in [0.15, 0.2) is 61.2 Å². The van der Waals surface area contributed by atoms with Gasteiger partial charge in [-0.15, -0.1) is 0 Å². The molecule has 1 unspecified atom stereocenters. The van der Waals surface area contributed by atoms with Crippen LogP contribution in [0.5, 0.6) is 0 Å². The monoisotopic (exact) mass is 343 g/mol. The number of aromatic nitrogens is 2. The van der Waals surface area contributed by atoms with Crippen LogP contribution in [0.25, 0.3) is 22.3 Å². The summed E-state index contributed by atoms with van der Waals surface area (Å²) >= 11 is 0. The number of benzene rings is 2. The maximum Gasteiger partial charge on any atom is 0.115 e. The van der Waals surface area contributed by atoms with Gasteiger partial charge in [0.1, 0.15) is 6.33 Å². The molecule has 1 fully saturated rings. The Morgan fingerprint density at radius 2 is 1.50 bits per heavy atom. The largest absolute Gasteiger partial charge is 0.297 e. The van der Waals surface area contributed by atoms with E-state index in [0.717, 1.165) is 5.56 Å². The highest BCUT2D eigenvalue weighted by atomic mass is 15.2. The topological polar surface area (TPSA) is 29.0 Å². The van der Waals surface area contributed by atoms with E-state index in [9.17, 15) is 0 Å². The fourth-order valence-corrected chi connectivity index (χ4v) is 3.90. The summed E-state index contributed by atoms with van der Waals surface area (Å²) in [5.74, 6) is 0. The van der Waals surface area contributed by atoms with Crippen molar-refractivity contribution in [2.75, 3.05) is 13.1 Å². The predicted molar refractivity (Wildman–Crippen MR) is 107 cm³/mol. The van der Waals surface area contributed by atoms with Crippen molar-refractivity contribution in [1.29, 1.82) is 0 Å². The lowest BCUT2D eigenvalue weighted by molar-refractivity contribution is 0.263. The van der Waals surface area contributed by atoms with Crippen LogP contribution in [-0.4, -0.2) is 28.0 Å². The van der Waals surface area contributed by atoms with E-state index in [2.05, 4.69) is 71.2 Å². The molecule has 3 heteroatoms. The molecule has 3 aromatic rings. The van der Waals surface area contributed by atoms with Crippen LogP contribution in [0.2, 0.25) is 0 Å². The van der Waals surface area contributed by atoms with E-state index in [4.69, 9.17) is 0 Å². The number of aryl methyl sites for hydroxylation is 1. The first-order valence-electron chi connectivity index (χ1n) is 9.43. The zero-order chi connectivity index (χ0) is 17.9. The van der Waals surface area contributed by atoms with Gasteiger partial charge in [-0.2, -0.15) is 0 Å². The molecule has 132 valence electrons. The highest BCUT2D eigenvalue weighted by Crippen LogP contribution is 2.30. The molecule has 1 atom stereocenters. The summed E-state index contributed by atoms with van der Waals surface area (Å²) in [4.78, 5) is 10.8. The van der Waals surface area contributed by atoms with E-state index in [0.29, 0.717) is 6.04 Å². The van der Waals surface area contributed by atoms with Crippen LogP contribution in [-0.2, 0) is 0 Å². The number of rotatable bonds is 4. The third-order valence-electron chi connectivity index (χ3n) is 5.51. The summed E-state index contributed by atoms with van der Waals surface area (Å²) in [6.45, 7) is 6.93. The van der Waals surface area contributed by atoms with Gasteiger partial charge in [-0.3, -0.25) is 4.90 Å². The Hall–Kier alpha value is -2.52. The van der Waals surface area contributed by atoms with Crippen LogP contribution < -0.4 is 0 Å². The molecule has 26 heavy (non-hydrogen) atoms. The van der Waals surface area contributed by atoms with Gasteiger partial charge in [-0.25, -0.2) is 9.97 Å². The predicted octanol–water partition coefficient (Wildman–Crippen LogP) is 5.28. The van der Waals surface area contributed by atoms with Gasteiger partial charge < -0.3 is 0 Å². The summed E-state index contributed by atoms with van der Waals surface area (Å²) < 4.78 is 0. The van der Waals surface area contributed by atoms with Crippen LogP contribution in [0.3, 0.4) is 0 Å². The average Bonchev–Trinajstić information content (AvgIpc) is 3.23. The van der Waals surface area contributed by atoms with E-state index in [-0.39, 0.29) is 0 Å². The molecule has 1 aliphatic heterocycles. The maximum atomic E-state index is 4.13. The Morgan fingerprint density at radius 1 is 0.846 bits per heavy atom. The van der Waals surface area contributed by atoms with Crippen molar-refractivity contribution in [3.05, 3.63) is 72.3 Å². The Labute approximate surface area is 155 Å². The summed E-state index contributed by atoms with van der Waals surface area (Å²) in [7, 11) is 0. The molecule has 0 amide bonds. The van der Waals surface area contributed by atoms with Gasteiger partial charge in [0, 0.05) is 24.0 Å². The quantitative estimate of drug-likeness (QED) is 0.646. The summed E-state index contributed by atoms with van der Waals surface area (Å²) in [5.41, 5.74) is 7.42. The Kier molecular flexibility index (Phi) is 4.81. The smallest absolute Gasteiger partial charge is 0.115 e. The minimum atomic E-state index is 0.508. The minimum absolute atomic E-state index is 0.508. The molecule has 2 aromatic carbocycles. The number of nitrogens with zero attached hydrogens (tertiary/aromatic N) is 3. The lowest BCUT2D eigenvalue weighted by Crippen LogP contribution is -2.23. The average molecular weight is 343 g/mol. The molecule has 0 saturated carbocycles. The van der Waals surface area contributed by atoms with Crippen LogP contribution in [0.4, 0.5) is 0 Å². The molecule has 1 aliphatic rings. The third kappa shape index (κ3) is 3.40. The van der Waals surface area contributed by atoms with Gasteiger partial charge in [0.25, 0.3) is 0 Å². The van der Waals surface area contributed by atoms with Crippen molar-refractivity contribution >= 4 is 0 Å². The first-order valence-corrected chi connectivity index (χ1v) is 9.43. The van der Waals surface area contributed by atoms with Crippen molar-refractivity contribution in [2.24, 2.45) is 0 Å². The molecule has 0 radical (unpaired) electrons. The molecule has 0 aliphatic carbocycles. The standard InChI is InChI=1S/C23H25N3/c1-17-13-21(9-10-23(17)22-14-24-16-25-15-22)20-7-5-19(6-8-20)18(2)26-11-3-4-12-26/h5-10,13-16,18H,3-4,11-12H2,1-2H3. The second-order valence-corrected chi connectivity index (χ2v) is 7.20. The molecule has 4 rings (SSSR count). The van der Waals surface area contributed by atoms with E-state index in [1.165, 1.54) is 53.7 Å². The van der Waals surface area contributed by atoms with Gasteiger partial charge in [0.15, 0.2) is 0 Å². The lowest BCUT2D eigenvalue weighted by Gasteiger charge is -2.24. The summed E-state index contributed by atoms with van der Waals surface area (Å²) in [5, 5.41) is 0. The van der Waals surface area contributed by atoms with E-state index >= 15 is 0 Å². The number of likely N-dealkylation sites (tertiary alicyclic amines) is 1. The zero-order valence-electron chi connectivity index (χ0n) is 15.5. The molecule has 0 N–H and O–H groups in total. The van der Waals surface area contributed by atoms with Gasteiger partial charge in [0.2, 0.25) is 0 Å². The zero-order valence-corrected chi connectivity index (χ0v) is 15.5. The molecule has 0 spiro atoms. The van der Waals surface area contributed by atoms with Gasteiger partial charge >= 0.3 is 0 Å². The van der Waals surface area contributed by atoms with E-state index in [1.807, 2.05) is 12.4 Å². The molecule has 1 saturated heterocycles. The molecule has 1 aromatic heterocycles. The van der Waals surface area contributed by atoms with Crippen molar-refractivity contribution in [3.63, 3.8) is 0 Å². The summed E-state index contributed by atoms with van der Waals surface area (Å²) in [6.07, 6.45) is 7.96. The van der Waals surface area contributed by atoms with E-state index in [1.54, 1.807) is 6.33 Å². The molecule has 0 bridgehead atoms. The number of hydrogen-bond acceptors (Lipinski definition) is 3. The van der Waals surface area contributed by atoms with Gasteiger partial charge in [0.05, 0.1) is 0 Å². The second-order valence-electron chi connectivity index (χ2n) is 7.20. The molecular formula is C23H25N3. The van der Waals surface area contributed by atoms with Crippen molar-refractivity contribution in [3.8, 4) is 22.3 Å². The normalized spacial score (nSPS) is 15.9. The molecule has 2 heterocycles.